The largest absolute Gasteiger partial charge is 0.493 e. The predicted molar refractivity (Wildman–Crippen MR) is 136 cm³/mol. The third kappa shape index (κ3) is 6.88. The summed E-state index contributed by atoms with van der Waals surface area (Å²) in [5.41, 5.74) is 0.556. The average Bonchev–Trinajstić information content (AvgIpc) is 3.13. The fourth-order valence-corrected chi connectivity index (χ4v) is 5.82. The summed E-state index contributed by atoms with van der Waals surface area (Å²) in [5, 5.41) is 3.71. The minimum Gasteiger partial charge on any atom is -0.493 e. The SMILES string of the molecule is O=C1NCC2(CCCCCOc3ccc(Cl)cc31)CCN(C(=O)CCN1CCCCCC1)CC2. The van der Waals surface area contributed by atoms with Gasteiger partial charge in [-0.05, 0) is 75.2 Å². The number of carbonyl (C=O) groups is 2. The number of benzene rings is 1. The predicted octanol–water partition coefficient (Wildman–Crippen LogP) is 4.90. The molecule has 3 heterocycles. The van der Waals surface area contributed by atoms with E-state index in [-0.39, 0.29) is 17.2 Å². The van der Waals surface area contributed by atoms with E-state index in [4.69, 9.17) is 16.3 Å². The quantitative estimate of drug-likeness (QED) is 0.656. The Morgan fingerprint density at radius 1 is 0.971 bits per heavy atom. The maximum absolute atomic E-state index is 13.0. The molecule has 1 aromatic rings. The van der Waals surface area contributed by atoms with Crippen molar-refractivity contribution in [2.24, 2.45) is 5.41 Å². The highest BCUT2D eigenvalue weighted by Crippen LogP contribution is 2.37. The van der Waals surface area contributed by atoms with Crippen LogP contribution >= 0.6 is 11.6 Å². The van der Waals surface area contributed by atoms with Gasteiger partial charge in [-0.15, -0.1) is 0 Å². The fraction of sp³-hybridized carbons (Fsp3) is 0.704. The molecule has 6 nitrogen and oxygen atoms in total. The van der Waals surface area contributed by atoms with Crippen molar-refractivity contribution in [1.82, 2.24) is 15.1 Å². The van der Waals surface area contributed by atoms with Gasteiger partial charge in [0.1, 0.15) is 5.75 Å². The third-order valence-electron chi connectivity index (χ3n) is 7.94. The Bertz CT molecular complexity index is 830. The Morgan fingerprint density at radius 2 is 1.71 bits per heavy atom. The van der Waals surface area contributed by atoms with Crippen LogP contribution < -0.4 is 10.1 Å². The van der Waals surface area contributed by atoms with Crippen LogP contribution in [0.4, 0.5) is 0 Å². The number of hydrogen-bond acceptors (Lipinski definition) is 4. The van der Waals surface area contributed by atoms with E-state index in [9.17, 15) is 9.59 Å². The molecule has 34 heavy (non-hydrogen) atoms. The summed E-state index contributed by atoms with van der Waals surface area (Å²) in [5.74, 6) is 0.756. The number of ether oxygens (including phenoxy) is 1. The Morgan fingerprint density at radius 3 is 2.47 bits per heavy atom. The normalized spacial score (nSPS) is 22.5. The van der Waals surface area contributed by atoms with Crippen LogP contribution in [0.3, 0.4) is 0 Å². The van der Waals surface area contributed by atoms with Crippen LogP contribution in [0.1, 0.15) is 81.0 Å². The third-order valence-corrected chi connectivity index (χ3v) is 8.17. The molecule has 0 atom stereocenters. The van der Waals surface area contributed by atoms with Crippen molar-refractivity contribution < 1.29 is 14.3 Å². The number of rotatable bonds is 3. The van der Waals surface area contributed by atoms with E-state index >= 15 is 0 Å². The highest BCUT2D eigenvalue weighted by atomic mass is 35.5. The first-order valence-electron chi connectivity index (χ1n) is 13.3. The van der Waals surface area contributed by atoms with Crippen LogP contribution in [-0.2, 0) is 4.79 Å². The number of hydrogen-bond donors (Lipinski definition) is 1. The second-order valence-corrected chi connectivity index (χ2v) is 10.8. The first kappa shape index (κ1) is 25.3. The van der Waals surface area contributed by atoms with Gasteiger partial charge < -0.3 is 19.9 Å². The Balaban J connectivity index is 1.33. The van der Waals surface area contributed by atoms with Gasteiger partial charge in [0, 0.05) is 37.6 Å². The Labute approximate surface area is 209 Å². The van der Waals surface area contributed by atoms with E-state index < -0.39 is 0 Å². The fourth-order valence-electron chi connectivity index (χ4n) is 5.65. The Kier molecular flexibility index (Phi) is 9.12. The van der Waals surface area contributed by atoms with Crippen LogP contribution in [0, 0.1) is 5.41 Å². The number of nitrogens with zero attached hydrogens (tertiary/aromatic N) is 2. The molecule has 1 spiro atoms. The zero-order chi connectivity index (χ0) is 23.8. The molecule has 0 radical (unpaired) electrons. The lowest BCUT2D eigenvalue weighted by molar-refractivity contribution is -0.134. The summed E-state index contributed by atoms with van der Waals surface area (Å²) in [4.78, 5) is 30.5. The molecule has 1 N–H and O–H groups in total. The molecule has 0 unspecified atom stereocenters. The highest BCUT2D eigenvalue weighted by molar-refractivity contribution is 6.31. The maximum atomic E-state index is 13.0. The number of piperidine rings is 1. The number of carbonyl (C=O) groups excluding carboxylic acids is 2. The van der Waals surface area contributed by atoms with Gasteiger partial charge >= 0.3 is 0 Å². The molecular weight excluding hydrogens is 450 g/mol. The summed E-state index contributed by atoms with van der Waals surface area (Å²) in [7, 11) is 0. The molecule has 2 saturated heterocycles. The molecule has 0 aromatic heterocycles. The summed E-state index contributed by atoms with van der Waals surface area (Å²) in [6, 6.07) is 5.24. The maximum Gasteiger partial charge on any atom is 0.255 e. The van der Waals surface area contributed by atoms with Gasteiger partial charge in [-0.2, -0.15) is 0 Å². The molecular formula is C27H40ClN3O3. The second kappa shape index (κ2) is 12.3. The molecule has 0 saturated carbocycles. The van der Waals surface area contributed by atoms with Crippen LogP contribution in [0.2, 0.25) is 5.02 Å². The van der Waals surface area contributed by atoms with Crippen molar-refractivity contribution in [3.8, 4) is 5.75 Å². The van der Waals surface area contributed by atoms with Crippen LogP contribution in [-0.4, -0.2) is 67.5 Å². The molecule has 7 heteroatoms. The van der Waals surface area contributed by atoms with E-state index in [0.717, 1.165) is 71.2 Å². The number of fused-ring (bicyclic) bond motifs is 1. The second-order valence-electron chi connectivity index (χ2n) is 10.4. The first-order chi connectivity index (χ1) is 16.5. The molecule has 1 aromatic carbocycles. The summed E-state index contributed by atoms with van der Waals surface area (Å²) in [6.45, 7) is 5.98. The number of halogens is 1. The van der Waals surface area contributed by atoms with Gasteiger partial charge in [0.2, 0.25) is 5.91 Å². The lowest BCUT2D eigenvalue weighted by atomic mass is 9.74. The summed E-state index contributed by atoms with van der Waals surface area (Å²) in [6.07, 6.45) is 12.0. The first-order valence-corrected chi connectivity index (χ1v) is 13.6. The van der Waals surface area contributed by atoms with Crippen molar-refractivity contribution in [3.63, 3.8) is 0 Å². The Hall–Kier alpha value is -1.79. The van der Waals surface area contributed by atoms with E-state index in [1.165, 1.54) is 25.7 Å². The number of nitrogens with one attached hydrogen (secondary N) is 1. The van der Waals surface area contributed by atoms with Gasteiger partial charge in [0.25, 0.3) is 5.91 Å². The topological polar surface area (TPSA) is 61.9 Å². The van der Waals surface area contributed by atoms with Gasteiger partial charge in [0.15, 0.2) is 0 Å². The van der Waals surface area contributed by atoms with Gasteiger partial charge in [0.05, 0.1) is 12.2 Å². The van der Waals surface area contributed by atoms with Crippen molar-refractivity contribution in [2.75, 3.05) is 45.9 Å². The van der Waals surface area contributed by atoms with E-state index in [2.05, 4.69) is 15.1 Å². The van der Waals surface area contributed by atoms with Crippen LogP contribution in [0.25, 0.3) is 0 Å². The van der Waals surface area contributed by atoms with Crippen molar-refractivity contribution in [1.29, 1.82) is 0 Å². The van der Waals surface area contributed by atoms with E-state index in [1.807, 2.05) is 0 Å². The molecule has 3 aliphatic heterocycles. The molecule has 0 bridgehead atoms. The van der Waals surface area contributed by atoms with E-state index in [0.29, 0.717) is 35.9 Å². The smallest absolute Gasteiger partial charge is 0.255 e. The number of likely N-dealkylation sites (tertiary alicyclic amines) is 2. The van der Waals surface area contributed by atoms with E-state index in [1.54, 1.807) is 18.2 Å². The van der Waals surface area contributed by atoms with Crippen molar-refractivity contribution >= 4 is 23.4 Å². The van der Waals surface area contributed by atoms with Gasteiger partial charge in [-0.1, -0.05) is 37.3 Å². The molecule has 2 amide bonds. The minimum absolute atomic E-state index is 0.0516. The minimum atomic E-state index is -0.131. The summed E-state index contributed by atoms with van der Waals surface area (Å²) >= 11 is 6.16. The monoisotopic (exact) mass is 489 g/mol. The van der Waals surface area contributed by atoms with Gasteiger partial charge in [-0.25, -0.2) is 0 Å². The molecule has 4 rings (SSSR count). The number of amides is 2. The molecule has 188 valence electrons. The molecule has 3 aliphatic rings. The van der Waals surface area contributed by atoms with Crippen molar-refractivity contribution in [2.45, 2.75) is 70.6 Å². The molecule has 0 aliphatic carbocycles. The average molecular weight is 490 g/mol. The lowest BCUT2D eigenvalue weighted by Crippen LogP contribution is -2.48. The molecule has 2 fully saturated rings. The van der Waals surface area contributed by atoms with Crippen LogP contribution in [0.5, 0.6) is 5.75 Å². The van der Waals surface area contributed by atoms with Crippen LogP contribution in [0.15, 0.2) is 18.2 Å². The summed E-state index contributed by atoms with van der Waals surface area (Å²) < 4.78 is 5.87. The highest BCUT2D eigenvalue weighted by Gasteiger charge is 2.36. The zero-order valence-corrected chi connectivity index (χ0v) is 21.2. The van der Waals surface area contributed by atoms with Crippen molar-refractivity contribution in [3.05, 3.63) is 28.8 Å². The lowest BCUT2D eigenvalue weighted by Gasteiger charge is -2.42. The zero-order valence-electron chi connectivity index (χ0n) is 20.5. The standard InChI is InChI=1S/C27H40ClN3O3/c28-22-8-9-24-23(20-22)26(33)29-21-27(11-4-3-7-19-34-24)12-17-31(18-13-27)25(32)10-16-30-14-5-1-2-6-15-30/h8-9,20H,1-7,10-19,21H2,(H,29,33). The van der Waals surface area contributed by atoms with Gasteiger partial charge in [-0.3, -0.25) is 9.59 Å².